The van der Waals surface area contributed by atoms with Gasteiger partial charge >= 0.3 is 11.9 Å². The van der Waals surface area contributed by atoms with E-state index in [1.165, 1.54) is 6.42 Å². The average Bonchev–Trinajstić information content (AvgIpc) is 2.21. The van der Waals surface area contributed by atoms with E-state index in [9.17, 15) is 9.59 Å². The van der Waals surface area contributed by atoms with Gasteiger partial charge in [0.1, 0.15) is 0 Å². The van der Waals surface area contributed by atoms with Gasteiger partial charge in [0.05, 0.1) is 0 Å². The molecule has 5 nitrogen and oxygen atoms in total. The minimum atomic E-state index is -0.981. The van der Waals surface area contributed by atoms with Crippen LogP contribution in [-0.4, -0.2) is 36.2 Å². The van der Waals surface area contributed by atoms with Crippen molar-refractivity contribution in [2.45, 2.75) is 20.3 Å². The van der Waals surface area contributed by atoms with Crippen molar-refractivity contribution in [2.75, 3.05) is 14.1 Å². The van der Waals surface area contributed by atoms with Gasteiger partial charge in [0.25, 0.3) is 0 Å². The number of carbonyl (C=O) groups is 2. The summed E-state index contributed by atoms with van der Waals surface area (Å²) in [6, 6.07) is 0. The van der Waals surface area contributed by atoms with Crippen LogP contribution in [0.3, 0.4) is 0 Å². The van der Waals surface area contributed by atoms with E-state index >= 15 is 0 Å². The highest BCUT2D eigenvalue weighted by atomic mass is 16.4. The highest BCUT2D eigenvalue weighted by Crippen LogP contribution is 1.56. The summed E-state index contributed by atoms with van der Waals surface area (Å²) in [6.07, 6.45) is 2.92. The van der Waals surface area contributed by atoms with Gasteiger partial charge in [0, 0.05) is 12.2 Å². The van der Waals surface area contributed by atoms with Gasteiger partial charge in [-0.1, -0.05) is 33.4 Å². The average molecular weight is 233 g/mol. The first kappa shape index (κ1) is 23.9. The first-order valence-corrected chi connectivity index (χ1v) is 4.66. The Morgan fingerprint density at radius 1 is 1.06 bits per heavy atom. The molecule has 0 aliphatic rings. The van der Waals surface area contributed by atoms with Gasteiger partial charge in [-0.25, -0.2) is 9.59 Å². The van der Waals surface area contributed by atoms with Gasteiger partial charge < -0.3 is 15.5 Å². The van der Waals surface area contributed by atoms with Crippen LogP contribution in [0.5, 0.6) is 0 Å². The fourth-order valence-corrected chi connectivity index (χ4v) is 0. The number of aliphatic carboxylic acids is 2. The second-order valence-corrected chi connectivity index (χ2v) is 2.29. The minimum absolute atomic E-state index is 0.833. The van der Waals surface area contributed by atoms with Gasteiger partial charge in [-0.3, -0.25) is 0 Å². The number of carboxylic acid groups (broad SMARTS) is 2. The van der Waals surface area contributed by atoms with E-state index in [0.717, 1.165) is 12.2 Å². The van der Waals surface area contributed by atoms with E-state index in [2.05, 4.69) is 32.3 Å². The van der Waals surface area contributed by atoms with E-state index in [1.807, 2.05) is 14.1 Å². The number of hydrogen-bond donors (Lipinski definition) is 3. The number of nitrogens with one attached hydrogen (secondary N) is 1. The number of carboxylic acids is 2. The largest absolute Gasteiger partial charge is 0.478 e. The second kappa shape index (κ2) is 29.2. The topological polar surface area (TPSA) is 86.6 Å². The van der Waals surface area contributed by atoms with Gasteiger partial charge in [0.15, 0.2) is 0 Å². The molecule has 0 fully saturated rings. The second-order valence-electron chi connectivity index (χ2n) is 2.29. The molecular weight excluding hydrogens is 210 g/mol. The van der Waals surface area contributed by atoms with Gasteiger partial charge in [-0.2, -0.15) is 0 Å². The van der Waals surface area contributed by atoms with Crippen LogP contribution in [0.1, 0.15) is 20.3 Å². The summed E-state index contributed by atoms with van der Waals surface area (Å²) in [5.74, 6) is -1.96. The van der Waals surface area contributed by atoms with E-state index in [4.69, 9.17) is 10.2 Å². The molecule has 0 radical (unpaired) electrons. The molecule has 0 aromatic heterocycles. The summed E-state index contributed by atoms with van der Waals surface area (Å²) in [4.78, 5) is 18.5. The maximum Gasteiger partial charge on any atom is 0.327 e. The van der Waals surface area contributed by atoms with Crippen molar-refractivity contribution in [2.24, 2.45) is 0 Å². The third kappa shape index (κ3) is 283. The monoisotopic (exact) mass is 233 g/mol. The smallest absolute Gasteiger partial charge is 0.327 e. The molecule has 0 saturated carbocycles. The van der Waals surface area contributed by atoms with Crippen LogP contribution < -0.4 is 5.32 Å². The Morgan fingerprint density at radius 2 is 1.12 bits per heavy atom. The van der Waals surface area contributed by atoms with E-state index in [1.54, 1.807) is 0 Å². The van der Waals surface area contributed by atoms with Gasteiger partial charge in [0.2, 0.25) is 0 Å². The molecule has 0 aromatic carbocycles. The van der Waals surface area contributed by atoms with Crippen LogP contribution >= 0.6 is 0 Å². The number of rotatable bonds is 2. The Bertz CT molecular complexity index is 159. The Kier molecular flexibility index (Phi) is 43.6. The Labute approximate surface area is 97.5 Å². The summed E-state index contributed by atoms with van der Waals surface area (Å²) >= 11 is 0. The standard InChI is InChI=1S/2C3H4O2.C3H8.C2H7N/c2*1-2-3(4)5;2*1-3-2/h2*2H,1H2,(H,4,5);3H2,1-2H3;3H,1-2H3. The molecule has 0 amide bonds. The lowest BCUT2D eigenvalue weighted by atomic mass is 10.6. The van der Waals surface area contributed by atoms with E-state index in [-0.39, 0.29) is 0 Å². The third-order valence-electron chi connectivity index (χ3n) is 0.349. The summed E-state index contributed by atoms with van der Waals surface area (Å²) < 4.78 is 0. The van der Waals surface area contributed by atoms with Crippen molar-refractivity contribution >= 4 is 11.9 Å². The zero-order chi connectivity index (χ0) is 14.0. The summed E-state index contributed by atoms with van der Waals surface area (Å²) in [5, 5.41) is 18.0. The minimum Gasteiger partial charge on any atom is -0.478 e. The molecular formula is C11H23NO4. The van der Waals surface area contributed by atoms with E-state index in [0.29, 0.717) is 0 Å². The van der Waals surface area contributed by atoms with Crippen molar-refractivity contribution in [3.8, 4) is 0 Å². The molecule has 0 saturated heterocycles. The predicted molar refractivity (Wildman–Crippen MR) is 66.6 cm³/mol. The highest BCUT2D eigenvalue weighted by molar-refractivity contribution is 5.79. The van der Waals surface area contributed by atoms with Crippen molar-refractivity contribution in [1.29, 1.82) is 0 Å². The molecule has 0 atom stereocenters. The lowest BCUT2D eigenvalue weighted by Crippen LogP contribution is -1.89. The molecule has 0 aliphatic heterocycles. The van der Waals surface area contributed by atoms with Crippen LogP contribution in [-0.2, 0) is 9.59 Å². The first-order chi connectivity index (χ1) is 7.37. The van der Waals surface area contributed by atoms with Crippen LogP contribution in [0.2, 0.25) is 0 Å². The molecule has 0 aromatic rings. The molecule has 0 aliphatic carbocycles. The van der Waals surface area contributed by atoms with E-state index < -0.39 is 11.9 Å². The maximum absolute atomic E-state index is 9.25. The summed E-state index contributed by atoms with van der Waals surface area (Å²) in [6.45, 7) is 10.2. The van der Waals surface area contributed by atoms with Crippen LogP contribution in [0.25, 0.3) is 0 Å². The first-order valence-electron chi connectivity index (χ1n) is 4.66. The molecule has 16 heavy (non-hydrogen) atoms. The Balaban J connectivity index is -0.0000000621. The number of hydrogen-bond acceptors (Lipinski definition) is 3. The molecule has 0 spiro atoms. The Hall–Kier alpha value is -1.62. The van der Waals surface area contributed by atoms with Crippen molar-refractivity contribution in [3.05, 3.63) is 25.3 Å². The zero-order valence-electron chi connectivity index (χ0n) is 10.5. The summed E-state index contributed by atoms with van der Waals surface area (Å²) in [5.41, 5.74) is 0. The van der Waals surface area contributed by atoms with Crippen molar-refractivity contribution < 1.29 is 19.8 Å². The van der Waals surface area contributed by atoms with Gasteiger partial charge in [-0.05, 0) is 14.1 Å². The van der Waals surface area contributed by atoms with Crippen LogP contribution in [0.15, 0.2) is 25.3 Å². The lowest BCUT2D eigenvalue weighted by molar-refractivity contribution is -0.132. The molecule has 0 rings (SSSR count). The zero-order valence-corrected chi connectivity index (χ0v) is 10.5. The predicted octanol–water partition coefficient (Wildman–Crippen LogP) is 1.77. The highest BCUT2D eigenvalue weighted by Gasteiger charge is 1.73. The van der Waals surface area contributed by atoms with Gasteiger partial charge in [-0.15, -0.1) is 0 Å². The molecule has 3 N–H and O–H groups in total. The molecule has 0 unspecified atom stereocenters. The van der Waals surface area contributed by atoms with Crippen LogP contribution in [0, 0.1) is 0 Å². The Morgan fingerprint density at radius 3 is 1.12 bits per heavy atom. The quantitative estimate of drug-likeness (QED) is 0.633. The van der Waals surface area contributed by atoms with Crippen molar-refractivity contribution in [1.82, 2.24) is 5.32 Å². The fourth-order valence-electron chi connectivity index (χ4n) is 0. The lowest BCUT2D eigenvalue weighted by Gasteiger charge is -1.64. The van der Waals surface area contributed by atoms with Crippen LogP contribution in [0.4, 0.5) is 0 Å². The SMILES string of the molecule is C=CC(=O)O.C=CC(=O)O.CCC.CNC. The summed E-state index contributed by atoms with van der Waals surface area (Å²) in [7, 11) is 3.75. The normalized spacial score (nSPS) is 6.25. The molecule has 5 heteroatoms. The maximum atomic E-state index is 9.25. The van der Waals surface area contributed by atoms with Crippen molar-refractivity contribution in [3.63, 3.8) is 0 Å². The molecule has 0 bridgehead atoms. The third-order valence-corrected chi connectivity index (χ3v) is 0.349. The molecule has 0 heterocycles. The fraction of sp³-hybridized carbons (Fsp3) is 0.455. The molecule has 96 valence electrons.